The first-order valence-electron chi connectivity index (χ1n) is 6.33. The number of nitrogens with one attached hydrogen (secondary N) is 1. The Labute approximate surface area is 120 Å². The van der Waals surface area contributed by atoms with Gasteiger partial charge in [0.2, 0.25) is 5.91 Å². The Kier molecular flexibility index (Phi) is 3.64. The summed E-state index contributed by atoms with van der Waals surface area (Å²) in [4.78, 5) is 15.9. The van der Waals surface area contributed by atoms with Crippen molar-refractivity contribution in [3.63, 3.8) is 0 Å². The molecule has 2 aromatic heterocycles. The number of nitrogens with zero attached hydrogens (tertiary/aromatic N) is 5. The number of pyridine rings is 1. The summed E-state index contributed by atoms with van der Waals surface area (Å²) < 4.78 is 1.56. The fourth-order valence-electron chi connectivity index (χ4n) is 1.87. The Hall–Kier alpha value is -3.09. The molecule has 21 heavy (non-hydrogen) atoms. The van der Waals surface area contributed by atoms with Crippen LogP contribution < -0.4 is 5.32 Å². The Balaban J connectivity index is 1.64. The molecule has 1 amide bonds. The summed E-state index contributed by atoms with van der Waals surface area (Å²) in [5, 5.41) is 13.8. The fourth-order valence-corrected chi connectivity index (χ4v) is 1.87. The third-order valence-corrected chi connectivity index (χ3v) is 2.86. The maximum absolute atomic E-state index is 11.9. The minimum atomic E-state index is -0.0850. The normalized spacial score (nSPS) is 10.3. The molecule has 0 spiro atoms. The van der Waals surface area contributed by atoms with Gasteiger partial charge in [0.05, 0.1) is 24.0 Å². The molecule has 104 valence electrons. The fraction of sp³-hybridized carbons (Fsp3) is 0.0714. The average Bonchev–Trinajstić information content (AvgIpc) is 3.03. The number of hydrogen-bond acceptors (Lipinski definition) is 5. The number of tetrazole rings is 1. The van der Waals surface area contributed by atoms with Gasteiger partial charge in [0.1, 0.15) is 6.33 Å². The van der Waals surface area contributed by atoms with Crippen LogP contribution in [0.5, 0.6) is 0 Å². The van der Waals surface area contributed by atoms with Gasteiger partial charge < -0.3 is 5.32 Å². The van der Waals surface area contributed by atoms with E-state index in [0.29, 0.717) is 12.1 Å². The van der Waals surface area contributed by atoms with Crippen LogP contribution in [0.25, 0.3) is 5.69 Å². The topological polar surface area (TPSA) is 85.6 Å². The average molecular weight is 280 g/mol. The van der Waals surface area contributed by atoms with E-state index in [9.17, 15) is 4.79 Å². The van der Waals surface area contributed by atoms with Gasteiger partial charge in [-0.3, -0.25) is 9.78 Å². The standard InChI is InChI=1S/C14H12N6O/c21-14(17-12-2-1-7-15-9-12)8-11-3-5-13(6-4-11)20-10-16-18-19-20/h1-7,9-10H,8H2,(H,17,21). The van der Waals surface area contributed by atoms with Crippen molar-refractivity contribution in [2.75, 3.05) is 5.32 Å². The largest absolute Gasteiger partial charge is 0.324 e. The zero-order valence-electron chi connectivity index (χ0n) is 11.0. The Morgan fingerprint density at radius 3 is 2.71 bits per heavy atom. The highest BCUT2D eigenvalue weighted by atomic mass is 16.1. The summed E-state index contributed by atoms with van der Waals surface area (Å²) in [6.07, 6.45) is 5.08. The molecule has 1 aromatic carbocycles. The number of benzene rings is 1. The van der Waals surface area contributed by atoms with Crippen LogP contribution in [-0.2, 0) is 11.2 Å². The van der Waals surface area contributed by atoms with Crippen LogP contribution in [0.4, 0.5) is 5.69 Å². The number of aromatic nitrogens is 5. The molecule has 0 unspecified atom stereocenters. The molecule has 7 heteroatoms. The maximum atomic E-state index is 11.9. The van der Waals surface area contributed by atoms with E-state index in [1.54, 1.807) is 29.2 Å². The quantitative estimate of drug-likeness (QED) is 0.777. The van der Waals surface area contributed by atoms with E-state index in [1.165, 1.54) is 6.33 Å². The second-order valence-electron chi connectivity index (χ2n) is 4.39. The summed E-state index contributed by atoms with van der Waals surface area (Å²) in [6.45, 7) is 0. The van der Waals surface area contributed by atoms with Gasteiger partial charge in [-0.1, -0.05) is 12.1 Å². The first-order chi connectivity index (χ1) is 10.3. The van der Waals surface area contributed by atoms with E-state index in [1.807, 2.05) is 24.3 Å². The molecule has 0 atom stereocenters. The summed E-state index contributed by atoms with van der Waals surface area (Å²) in [5.74, 6) is -0.0850. The molecule has 1 N–H and O–H groups in total. The zero-order chi connectivity index (χ0) is 14.5. The van der Waals surface area contributed by atoms with E-state index in [0.717, 1.165) is 11.3 Å². The summed E-state index contributed by atoms with van der Waals surface area (Å²) >= 11 is 0. The molecular weight excluding hydrogens is 268 g/mol. The number of carbonyl (C=O) groups is 1. The second-order valence-corrected chi connectivity index (χ2v) is 4.39. The molecule has 0 radical (unpaired) electrons. The van der Waals surface area contributed by atoms with Crippen LogP contribution in [0, 0.1) is 0 Å². The van der Waals surface area contributed by atoms with Gasteiger partial charge in [-0.15, -0.1) is 5.10 Å². The zero-order valence-corrected chi connectivity index (χ0v) is 11.0. The van der Waals surface area contributed by atoms with Crippen LogP contribution in [0.3, 0.4) is 0 Å². The van der Waals surface area contributed by atoms with Crippen molar-refractivity contribution >= 4 is 11.6 Å². The van der Waals surface area contributed by atoms with Gasteiger partial charge in [0.15, 0.2) is 0 Å². The molecule has 0 aliphatic heterocycles. The van der Waals surface area contributed by atoms with Crippen LogP contribution in [-0.4, -0.2) is 31.1 Å². The lowest BCUT2D eigenvalue weighted by Crippen LogP contribution is -2.14. The maximum Gasteiger partial charge on any atom is 0.228 e. The summed E-state index contributed by atoms with van der Waals surface area (Å²) in [5.41, 5.74) is 2.44. The van der Waals surface area contributed by atoms with Gasteiger partial charge in [-0.2, -0.15) is 0 Å². The Morgan fingerprint density at radius 2 is 2.05 bits per heavy atom. The SMILES string of the molecule is O=C(Cc1ccc(-n2cnnn2)cc1)Nc1cccnc1. The van der Waals surface area contributed by atoms with E-state index >= 15 is 0 Å². The molecule has 3 rings (SSSR count). The number of hydrogen-bond donors (Lipinski definition) is 1. The van der Waals surface area contributed by atoms with Crippen molar-refractivity contribution in [3.8, 4) is 5.69 Å². The highest BCUT2D eigenvalue weighted by Gasteiger charge is 2.05. The van der Waals surface area contributed by atoms with Gasteiger partial charge >= 0.3 is 0 Å². The number of carbonyl (C=O) groups excluding carboxylic acids is 1. The molecule has 0 saturated carbocycles. The van der Waals surface area contributed by atoms with Crippen LogP contribution in [0.1, 0.15) is 5.56 Å². The number of anilines is 1. The molecule has 2 heterocycles. The van der Waals surface area contributed by atoms with Crippen molar-refractivity contribution in [3.05, 3.63) is 60.7 Å². The van der Waals surface area contributed by atoms with Crippen molar-refractivity contribution in [2.45, 2.75) is 6.42 Å². The van der Waals surface area contributed by atoms with E-state index in [4.69, 9.17) is 0 Å². The van der Waals surface area contributed by atoms with Gasteiger partial charge in [0, 0.05) is 6.20 Å². The van der Waals surface area contributed by atoms with Crippen molar-refractivity contribution in [2.24, 2.45) is 0 Å². The molecule has 0 aliphatic rings. The summed E-state index contributed by atoms with van der Waals surface area (Å²) in [6, 6.07) is 11.0. The molecule has 0 saturated heterocycles. The van der Waals surface area contributed by atoms with Crippen LogP contribution in [0.15, 0.2) is 55.1 Å². The first-order valence-corrected chi connectivity index (χ1v) is 6.33. The molecule has 7 nitrogen and oxygen atoms in total. The smallest absolute Gasteiger partial charge is 0.228 e. The first kappa shape index (κ1) is 12.9. The highest BCUT2D eigenvalue weighted by molar-refractivity contribution is 5.92. The van der Waals surface area contributed by atoms with Gasteiger partial charge in [0.25, 0.3) is 0 Å². The lowest BCUT2D eigenvalue weighted by Gasteiger charge is -2.05. The van der Waals surface area contributed by atoms with Crippen molar-refractivity contribution in [1.82, 2.24) is 25.2 Å². The highest BCUT2D eigenvalue weighted by Crippen LogP contribution is 2.10. The lowest BCUT2D eigenvalue weighted by atomic mass is 10.1. The van der Waals surface area contributed by atoms with Crippen molar-refractivity contribution < 1.29 is 4.79 Å². The molecule has 0 bridgehead atoms. The molecule has 3 aromatic rings. The minimum Gasteiger partial charge on any atom is -0.324 e. The van der Waals surface area contributed by atoms with E-state index < -0.39 is 0 Å². The Morgan fingerprint density at radius 1 is 1.19 bits per heavy atom. The van der Waals surface area contributed by atoms with Crippen LogP contribution in [0.2, 0.25) is 0 Å². The molecule has 0 fully saturated rings. The summed E-state index contributed by atoms with van der Waals surface area (Å²) in [7, 11) is 0. The van der Waals surface area contributed by atoms with Gasteiger partial charge in [-0.05, 0) is 40.3 Å². The molecular formula is C14H12N6O. The second kappa shape index (κ2) is 5.91. The van der Waals surface area contributed by atoms with Crippen LogP contribution >= 0.6 is 0 Å². The number of rotatable bonds is 4. The third kappa shape index (κ3) is 3.27. The monoisotopic (exact) mass is 280 g/mol. The minimum absolute atomic E-state index is 0.0850. The Bertz CT molecular complexity index is 709. The predicted octanol–water partition coefficient (Wildman–Crippen LogP) is 1.24. The van der Waals surface area contributed by atoms with E-state index in [-0.39, 0.29) is 5.91 Å². The van der Waals surface area contributed by atoms with Gasteiger partial charge in [-0.25, -0.2) is 4.68 Å². The third-order valence-electron chi connectivity index (χ3n) is 2.86. The van der Waals surface area contributed by atoms with E-state index in [2.05, 4.69) is 25.8 Å². The lowest BCUT2D eigenvalue weighted by molar-refractivity contribution is -0.115. The number of amides is 1. The predicted molar refractivity (Wildman–Crippen MR) is 75.7 cm³/mol. The van der Waals surface area contributed by atoms with Crippen molar-refractivity contribution in [1.29, 1.82) is 0 Å². The molecule has 0 aliphatic carbocycles.